The van der Waals surface area contributed by atoms with Gasteiger partial charge >= 0.3 is 0 Å². The van der Waals surface area contributed by atoms with Crippen LogP contribution in [0.25, 0.3) is 0 Å². The first-order valence-electron chi connectivity index (χ1n) is 8.52. The van der Waals surface area contributed by atoms with Crippen molar-refractivity contribution in [3.05, 3.63) is 35.9 Å². The molecule has 5 nitrogen and oxygen atoms in total. The zero-order valence-corrected chi connectivity index (χ0v) is 13.7. The van der Waals surface area contributed by atoms with Crippen LogP contribution in [0, 0.1) is 0 Å². The number of amides is 1. The van der Waals surface area contributed by atoms with Crippen LogP contribution in [0.3, 0.4) is 0 Å². The van der Waals surface area contributed by atoms with Crippen LogP contribution >= 0.6 is 0 Å². The van der Waals surface area contributed by atoms with E-state index in [0.717, 1.165) is 45.7 Å². The number of likely N-dealkylation sites (tertiary alicyclic amines) is 1. The van der Waals surface area contributed by atoms with E-state index in [-0.39, 0.29) is 17.6 Å². The third kappa shape index (κ3) is 2.67. The predicted molar refractivity (Wildman–Crippen MR) is 87.8 cm³/mol. The Morgan fingerprint density at radius 1 is 1.22 bits per heavy atom. The van der Waals surface area contributed by atoms with Gasteiger partial charge in [-0.25, -0.2) is 0 Å². The highest BCUT2D eigenvalue weighted by molar-refractivity contribution is 5.73. The van der Waals surface area contributed by atoms with Crippen LogP contribution in [0.5, 0.6) is 0 Å². The van der Waals surface area contributed by atoms with E-state index >= 15 is 0 Å². The third-order valence-electron chi connectivity index (χ3n) is 5.65. The third-order valence-corrected chi connectivity index (χ3v) is 5.65. The highest BCUT2D eigenvalue weighted by atomic mass is 16.3. The van der Waals surface area contributed by atoms with E-state index in [2.05, 4.69) is 34.1 Å². The predicted octanol–water partition coefficient (Wildman–Crippen LogP) is 0.538. The number of aliphatic hydroxyl groups is 1. The molecular weight excluding hydrogens is 290 g/mol. The fourth-order valence-corrected chi connectivity index (χ4v) is 4.67. The van der Waals surface area contributed by atoms with E-state index in [1.807, 2.05) is 11.0 Å². The summed E-state index contributed by atoms with van der Waals surface area (Å²) in [7, 11) is 0. The van der Waals surface area contributed by atoms with Crippen molar-refractivity contribution in [3.8, 4) is 0 Å². The number of hydrogen-bond donors (Lipinski definition) is 1. The van der Waals surface area contributed by atoms with Gasteiger partial charge in [0.1, 0.15) is 0 Å². The van der Waals surface area contributed by atoms with Gasteiger partial charge < -0.3 is 10.0 Å². The molecule has 1 amide bonds. The second kappa shape index (κ2) is 5.58. The largest absolute Gasteiger partial charge is 0.392 e. The molecule has 2 atom stereocenters. The Morgan fingerprint density at radius 2 is 1.96 bits per heavy atom. The molecule has 3 fully saturated rings. The van der Waals surface area contributed by atoms with Crippen LogP contribution in [-0.2, 0) is 11.3 Å². The van der Waals surface area contributed by atoms with Crippen molar-refractivity contribution in [2.45, 2.75) is 37.6 Å². The minimum atomic E-state index is -0.244. The molecular formula is C18H25N3O2. The molecule has 0 aromatic heterocycles. The fourth-order valence-electron chi connectivity index (χ4n) is 4.67. The van der Waals surface area contributed by atoms with Crippen molar-refractivity contribution in [2.24, 2.45) is 0 Å². The Morgan fingerprint density at radius 3 is 2.65 bits per heavy atom. The normalized spacial score (nSPS) is 30.3. The number of nitrogens with zero attached hydrogens (tertiary/aromatic N) is 3. The molecule has 23 heavy (non-hydrogen) atoms. The van der Waals surface area contributed by atoms with Gasteiger partial charge in [0.2, 0.25) is 5.91 Å². The van der Waals surface area contributed by atoms with Gasteiger partial charge in [-0.15, -0.1) is 0 Å². The summed E-state index contributed by atoms with van der Waals surface area (Å²) in [5.74, 6) is 0.159. The Labute approximate surface area is 137 Å². The first-order valence-corrected chi connectivity index (χ1v) is 8.52. The van der Waals surface area contributed by atoms with Gasteiger partial charge in [-0.3, -0.25) is 14.6 Å². The Balaban J connectivity index is 1.47. The summed E-state index contributed by atoms with van der Waals surface area (Å²) in [6.07, 6.45) is 0.552. The first-order chi connectivity index (χ1) is 11.1. The molecule has 5 heteroatoms. The number of piperazine rings is 1. The maximum Gasteiger partial charge on any atom is 0.219 e. The molecule has 4 rings (SSSR count). The van der Waals surface area contributed by atoms with Crippen LogP contribution in [0.1, 0.15) is 18.9 Å². The number of hydrogen-bond acceptors (Lipinski definition) is 4. The highest BCUT2D eigenvalue weighted by Gasteiger charge is 2.56. The summed E-state index contributed by atoms with van der Waals surface area (Å²) in [5.41, 5.74) is 1.38. The smallest absolute Gasteiger partial charge is 0.219 e. The minimum absolute atomic E-state index is 0.0425. The summed E-state index contributed by atoms with van der Waals surface area (Å²) < 4.78 is 0. The van der Waals surface area contributed by atoms with Crippen molar-refractivity contribution < 1.29 is 9.90 Å². The number of benzene rings is 1. The van der Waals surface area contributed by atoms with Crippen molar-refractivity contribution >= 4 is 5.91 Å². The molecule has 1 aromatic rings. The molecule has 124 valence electrons. The number of carbonyl (C=O) groups is 1. The second-order valence-corrected chi connectivity index (χ2v) is 7.45. The van der Waals surface area contributed by atoms with Crippen LogP contribution in [0.4, 0.5) is 0 Å². The van der Waals surface area contributed by atoms with E-state index in [1.54, 1.807) is 6.92 Å². The van der Waals surface area contributed by atoms with E-state index in [9.17, 15) is 9.90 Å². The Hall–Kier alpha value is -1.43. The lowest BCUT2D eigenvalue weighted by Gasteiger charge is -2.61. The molecule has 3 heterocycles. The van der Waals surface area contributed by atoms with Crippen LogP contribution in [0.15, 0.2) is 30.3 Å². The summed E-state index contributed by atoms with van der Waals surface area (Å²) in [5, 5.41) is 10.1. The van der Waals surface area contributed by atoms with Gasteiger partial charge in [0.05, 0.1) is 11.6 Å². The average molecular weight is 315 g/mol. The molecule has 3 saturated heterocycles. The van der Waals surface area contributed by atoms with Crippen LogP contribution < -0.4 is 0 Å². The summed E-state index contributed by atoms with van der Waals surface area (Å²) in [6.45, 7) is 6.92. The van der Waals surface area contributed by atoms with Gasteiger partial charge in [-0.05, 0) is 12.0 Å². The van der Waals surface area contributed by atoms with E-state index in [0.29, 0.717) is 6.04 Å². The maximum atomic E-state index is 11.9. The van der Waals surface area contributed by atoms with E-state index in [1.165, 1.54) is 5.56 Å². The number of fused-ring (bicyclic) bond motifs is 2. The number of carbonyl (C=O) groups excluding carboxylic acids is 1. The van der Waals surface area contributed by atoms with Gasteiger partial charge in [0.25, 0.3) is 0 Å². The summed E-state index contributed by atoms with van der Waals surface area (Å²) in [4.78, 5) is 18.8. The molecule has 0 unspecified atom stereocenters. The lowest BCUT2D eigenvalue weighted by atomic mass is 9.83. The zero-order valence-electron chi connectivity index (χ0n) is 13.7. The Kier molecular flexibility index (Phi) is 3.67. The zero-order chi connectivity index (χ0) is 16.0. The molecule has 0 radical (unpaired) electrons. The van der Waals surface area contributed by atoms with Crippen molar-refractivity contribution in [1.82, 2.24) is 14.7 Å². The summed E-state index contributed by atoms with van der Waals surface area (Å²) in [6, 6.07) is 10.8. The highest BCUT2D eigenvalue weighted by Crippen LogP contribution is 2.39. The molecule has 0 aliphatic carbocycles. The average Bonchev–Trinajstić information content (AvgIpc) is 2.87. The number of aliphatic hydroxyl groups excluding tert-OH is 1. The van der Waals surface area contributed by atoms with Gasteiger partial charge in [0.15, 0.2) is 0 Å². The minimum Gasteiger partial charge on any atom is -0.392 e. The molecule has 3 aliphatic heterocycles. The van der Waals surface area contributed by atoms with E-state index < -0.39 is 0 Å². The maximum absolute atomic E-state index is 11.9. The summed E-state index contributed by atoms with van der Waals surface area (Å²) >= 11 is 0. The van der Waals surface area contributed by atoms with Crippen LogP contribution in [0.2, 0.25) is 0 Å². The fraction of sp³-hybridized carbons (Fsp3) is 0.611. The number of β-amino-alcohol motifs (C(OH)–C–C–N with tert-alkyl or cyclic N) is 1. The van der Waals surface area contributed by atoms with Crippen molar-refractivity contribution in [1.29, 1.82) is 0 Å². The standard InChI is InChI=1S/C18H25N3O2/c1-14(22)20-9-16-7-17(23)10-21(16)18(13-20)11-19(12-18)8-15-5-3-2-4-6-15/h2-6,16-17,23H,7-13H2,1H3/t16-,17+/m0/s1. The lowest BCUT2D eigenvalue weighted by molar-refractivity contribution is -0.149. The SMILES string of the molecule is CC(=O)N1C[C@@H]2C[C@@H](O)CN2C2(CN(Cc3ccccc3)C2)C1. The van der Waals surface area contributed by atoms with Crippen molar-refractivity contribution in [2.75, 3.05) is 32.7 Å². The van der Waals surface area contributed by atoms with Gasteiger partial charge in [-0.1, -0.05) is 30.3 Å². The van der Waals surface area contributed by atoms with Gasteiger partial charge in [-0.2, -0.15) is 0 Å². The van der Waals surface area contributed by atoms with Gasteiger partial charge in [0, 0.05) is 52.2 Å². The number of rotatable bonds is 2. The van der Waals surface area contributed by atoms with E-state index in [4.69, 9.17) is 0 Å². The van der Waals surface area contributed by atoms with Crippen molar-refractivity contribution in [3.63, 3.8) is 0 Å². The molecule has 0 saturated carbocycles. The quantitative estimate of drug-likeness (QED) is 0.865. The molecule has 1 N–H and O–H groups in total. The topological polar surface area (TPSA) is 47.0 Å². The molecule has 1 spiro atoms. The second-order valence-electron chi connectivity index (χ2n) is 7.45. The molecule has 0 bridgehead atoms. The van der Waals surface area contributed by atoms with Crippen LogP contribution in [-0.4, -0.2) is 76.1 Å². The Bertz CT molecular complexity index is 585. The monoisotopic (exact) mass is 315 g/mol. The lowest BCUT2D eigenvalue weighted by Crippen LogP contribution is -2.78. The first kappa shape index (κ1) is 15.1. The molecule has 3 aliphatic rings. The molecule has 1 aromatic carbocycles.